The molecule has 1 heterocycles. The van der Waals surface area contributed by atoms with Gasteiger partial charge in [-0.05, 0) is 30.6 Å². The van der Waals surface area contributed by atoms with Gasteiger partial charge in [0.05, 0.1) is 16.5 Å². The third-order valence-corrected chi connectivity index (χ3v) is 4.11. The Morgan fingerprint density at radius 1 is 1.14 bits per heavy atom. The van der Waals surface area contributed by atoms with Crippen molar-refractivity contribution < 1.29 is 8.42 Å². The summed E-state index contributed by atoms with van der Waals surface area (Å²) in [6.07, 6.45) is 1.70. The lowest BCUT2D eigenvalue weighted by molar-refractivity contribution is 0.397. The first-order valence-electron chi connectivity index (χ1n) is 7.09. The summed E-state index contributed by atoms with van der Waals surface area (Å²) in [6.45, 7) is 14.7. The van der Waals surface area contributed by atoms with E-state index >= 15 is 0 Å². The third-order valence-electron chi connectivity index (χ3n) is 2.51. The lowest BCUT2D eigenvalue weighted by atomic mass is 9.91. The monoisotopic (exact) mass is 334 g/mol. The second kappa shape index (κ2) is 7.70. The van der Waals surface area contributed by atoms with E-state index in [9.17, 15) is 8.42 Å². The molecule has 0 saturated heterocycles. The van der Waals surface area contributed by atoms with Crippen LogP contribution < -0.4 is 5.14 Å². The van der Waals surface area contributed by atoms with E-state index in [1.54, 1.807) is 11.3 Å². The lowest BCUT2D eigenvalue weighted by Gasteiger charge is -2.16. The van der Waals surface area contributed by atoms with Crippen LogP contribution in [0.1, 0.15) is 58.7 Å². The number of aromatic nitrogens is 1. The average molecular weight is 335 g/mol. The third kappa shape index (κ3) is 14.2. The minimum Gasteiger partial charge on any atom is -0.247 e. The first-order chi connectivity index (χ1) is 9.18. The maximum Gasteiger partial charge on any atom is 0.209 e. The summed E-state index contributed by atoms with van der Waals surface area (Å²) in [7, 11) is -3.26. The van der Waals surface area contributed by atoms with Crippen LogP contribution in [0.5, 0.6) is 0 Å². The second-order valence-electron chi connectivity index (χ2n) is 7.77. The molecule has 21 heavy (non-hydrogen) atoms. The summed E-state index contributed by atoms with van der Waals surface area (Å²) in [5, 5.41) is 8.14. The molecule has 0 aromatic carbocycles. The van der Waals surface area contributed by atoms with Crippen molar-refractivity contribution in [1.82, 2.24) is 4.98 Å². The molecule has 0 aliphatic heterocycles. The fourth-order valence-electron chi connectivity index (χ4n) is 1.48. The maximum absolute atomic E-state index is 10.5. The van der Waals surface area contributed by atoms with Crippen molar-refractivity contribution >= 4 is 21.4 Å². The topological polar surface area (TPSA) is 73.1 Å². The van der Waals surface area contributed by atoms with E-state index in [0.29, 0.717) is 11.8 Å². The molecule has 1 rings (SSSR count). The van der Waals surface area contributed by atoms with Gasteiger partial charge in [-0.1, -0.05) is 41.5 Å². The van der Waals surface area contributed by atoms with Crippen molar-refractivity contribution in [3.63, 3.8) is 0 Å². The standard InChI is InChI=1S/C9H15NS.C6H15NO2S/c1-7-10-8(6-11-7)5-9(2,3)4;1-6(2,3)4-5-10(7,8)9/h6H,5H2,1-4H3;4-5H2,1-3H3,(H2,7,8,9). The molecule has 0 atom stereocenters. The molecule has 6 heteroatoms. The van der Waals surface area contributed by atoms with E-state index in [1.807, 2.05) is 20.8 Å². The smallest absolute Gasteiger partial charge is 0.209 e. The number of nitrogens with two attached hydrogens (primary N) is 1. The molecular weight excluding hydrogens is 304 g/mol. The summed E-state index contributed by atoms with van der Waals surface area (Å²) in [4.78, 5) is 4.41. The fraction of sp³-hybridized carbons (Fsp3) is 0.800. The first kappa shape index (κ1) is 20.5. The molecule has 1 aromatic rings. The molecule has 0 amide bonds. The Morgan fingerprint density at radius 2 is 1.67 bits per heavy atom. The molecule has 1 aromatic heterocycles. The van der Waals surface area contributed by atoms with Gasteiger partial charge in [-0.3, -0.25) is 0 Å². The zero-order valence-corrected chi connectivity index (χ0v) is 16.0. The van der Waals surface area contributed by atoms with Gasteiger partial charge in [0.1, 0.15) is 0 Å². The van der Waals surface area contributed by atoms with Gasteiger partial charge in [0.25, 0.3) is 0 Å². The van der Waals surface area contributed by atoms with Crippen LogP contribution >= 0.6 is 11.3 Å². The Bertz CT molecular complexity index is 521. The molecular formula is C15H30N2O2S2. The Labute approximate surface area is 134 Å². The number of thiazole rings is 1. The van der Waals surface area contributed by atoms with Crippen LogP contribution in [0.25, 0.3) is 0 Å². The first-order valence-corrected chi connectivity index (χ1v) is 9.69. The van der Waals surface area contributed by atoms with E-state index in [0.717, 1.165) is 6.42 Å². The molecule has 0 spiro atoms. The van der Waals surface area contributed by atoms with Crippen LogP contribution in [0.3, 0.4) is 0 Å². The van der Waals surface area contributed by atoms with E-state index in [-0.39, 0.29) is 11.2 Å². The highest BCUT2D eigenvalue weighted by Gasteiger charge is 2.14. The molecule has 0 bridgehead atoms. The normalized spacial score (nSPS) is 12.8. The van der Waals surface area contributed by atoms with Crippen molar-refractivity contribution in [2.24, 2.45) is 16.0 Å². The van der Waals surface area contributed by atoms with Gasteiger partial charge >= 0.3 is 0 Å². The highest BCUT2D eigenvalue weighted by molar-refractivity contribution is 7.89. The molecule has 0 radical (unpaired) electrons. The SMILES string of the molecule is CC(C)(C)CCS(N)(=O)=O.Cc1nc(CC(C)(C)C)cs1. The predicted molar refractivity (Wildman–Crippen MR) is 92.1 cm³/mol. The zero-order valence-electron chi connectivity index (χ0n) is 14.4. The molecule has 124 valence electrons. The van der Waals surface area contributed by atoms with Crippen LogP contribution in [-0.4, -0.2) is 19.2 Å². The summed E-state index contributed by atoms with van der Waals surface area (Å²) in [6, 6.07) is 0. The van der Waals surface area contributed by atoms with Gasteiger partial charge in [0.15, 0.2) is 0 Å². The Morgan fingerprint density at radius 3 is 1.90 bits per heavy atom. The number of hydrogen-bond acceptors (Lipinski definition) is 4. The summed E-state index contributed by atoms with van der Waals surface area (Å²) in [5.74, 6) is 0.0799. The van der Waals surface area contributed by atoms with Gasteiger partial charge in [0.2, 0.25) is 10.0 Å². The zero-order chi connectivity index (χ0) is 16.9. The molecule has 0 aliphatic carbocycles. The highest BCUT2D eigenvalue weighted by atomic mass is 32.2. The van der Waals surface area contributed by atoms with Crippen LogP contribution in [0.15, 0.2) is 5.38 Å². The quantitative estimate of drug-likeness (QED) is 0.915. The van der Waals surface area contributed by atoms with Crippen LogP contribution in [0.2, 0.25) is 0 Å². The largest absolute Gasteiger partial charge is 0.247 e. The average Bonchev–Trinajstić information content (AvgIpc) is 2.57. The summed E-state index contributed by atoms with van der Waals surface area (Å²) >= 11 is 1.73. The van der Waals surface area contributed by atoms with Crippen LogP contribution in [0, 0.1) is 17.8 Å². The number of nitrogens with zero attached hydrogens (tertiary/aromatic N) is 1. The molecule has 0 fully saturated rings. The van der Waals surface area contributed by atoms with Gasteiger partial charge in [0, 0.05) is 5.38 Å². The van der Waals surface area contributed by atoms with E-state index in [2.05, 4.69) is 38.1 Å². The minimum atomic E-state index is -3.26. The Hall–Kier alpha value is -0.460. The number of primary sulfonamides is 1. The number of hydrogen-bond donors (Lipinski definition) is 1. The lowest BCUT2D eigenvalue weighted by Crippen LogP contribution is -2.20. The van der Waals surface area contributed by atoms with Gasteiger partial charge in [-0.15, -0.1) is 11.3 Å². The van der Waals surface area contributed by atoms with Gasteiger partial charge < -0.3 is 0 Å². The van der Waals surface area contributed by atoms with Crippen molar-refractivity contribution in [2.75, 3.05) is 5.75 Å². The maximum atomic E-state index is 10.5. The number of sulfonamides is 1. The Kier molecular flexibility index (Phi) is 7.53. The molecule has 0 unspecified atom stereocenters. The van der Waals surface area contributed by atoms with Gasteiger partial charge in [-0.25, -0.2) is 18.5 Å². The molecule has 0 aliphatic rings. The summed E-state index contributed by atoms with van der Waals surface area (Å²) in [5.41, 5.74) is 1.65. The number of aryl methyl sites for hydroxylation is 1. The van der Waals surface area contributed by atoms with Crippen LogP contribution in [0.4, 0.5) is 0 Å². The van der Waals surface area contributed by atoms with Crippen molar-refractivity contribution in [1.29, 1.82) is 0 Å². The number of rotatable bonds is 3. The van der Waals surface area contributed by atoms with Crippen molar-refractivity contribution in [3.05, 3.63) is 16.1 Å². The van der Waals surface area contributed by atoms with E-state index in [1.165, 1.54) is 10.7 Å². The fourth-order valence-corrected chi connectivity index (χ4v) is 2.99. The molecule has 2 N–H and O–H groups in total. The van der Waals surface area contributed by atoms with Gasteiger partial charge in [-0.2, -0.15) is 0 Å². The minimum absolute atomic E-state index is 0.0481. The van der Waals surface area contributed by atoms with Crippen molar-refractivity contribution in [2.45, 2.75) is 61.3 Å². The molecule has 0 saturated carbocycles. The molecule has 4 nitrogen and oxygen atoms in total. The predicted octanol–water partition coefficient (Wildman–Crippen LogP) is 3.75. The summed E-state index contributed by atoms with van der Waals surface area (Å²) < 4.78 is 20.9. The van der Waals surface area contributed by atoms with Crippen LogP contribution in [-0.2, 0) is 16.4 Å². The second-order valence-corrected chi connectivity index (χ2v) is 10.6. The van der Waals surface area contributed by atoms with E-state index < -0.39 is 10.0 Å². The highest BCUT2D eigenvalue weighted by Crippen LogP contribution is 2.21. The van der Waals surface area contributed by atoms with Crippen molar-refractivity contribution in [3.8, 4) is 0 Å². The van der Waals surface area contributed by atoms with E-state index in [4.69, 9.17) is 5.14 Å². The Balaban J connectivity index is 0.000000384.